The van der Waals surface area contributed by atoms with Crippen molar-refractivity contribution in [2.45, 2.75) is 25.8 Å². The van der Waals surface area contributed by atoms with Crippen molar-refractivity contribution < 1.29 is 9.53 Å². The average molecular weight is 324 g/mol. The van der Waals surface area contributed by atoms with E-state index in [9.17, 15) is 4.79 Å². The number of carbonyl (C=O) groups is 1. The van der Waals surface area contributed by atoms with Crippen LogP contribution < -0.4 is 4.74 Å². The number of aldehydes is 1. The Kier molecular flexibility index (Phi) is 3.89. The Hall–Kier alpha value is -0.870. The van der Waals surface area contributed by atoms with Crippen LogP contribution in [-0.4, -0.2) is 30.9 Å². The molecular weight excluding hydrogens is 306 g/mol. The van der Waals surface area contributed by atoms with Gasteiger partial charge in [0.2, 0.25) is 0 Å². The molecule has 1 saturated heterocycles. The molecule has 2 aliphatic rings. The maximum absolute atomic E-state index is 10.8. The van der Waals surface area contributed by atoms with Gasteiger partial charge in [0.15, 0.2) is 0 Å². The first-order chi connectivity index (χ1) is 9.26. The lowest BCUT2D eigenvalue weighted by Gasteiger charge is -2.30. The van der Waals surface area contributed by atoms with Gasteiger partial charge in [-0.3, -0.25) is 4.90 Å². The van der Waals surface area contributed by atoms with E-state index in [2.05, 4.69) is 33.0 Å². The second-order valence-corrected chi connectivity index (χ2v) is 6.32. The highest BCUT2D eigenvalue weighted by Crippen LogP contribution is 2.34. The Morgan fingerprint density at radius 1 is 1.37 bits per heavy atom. The molecule has 0 bridgehead atoms. The van der Waals surface area contributed by atoms with Crippen molar-refractivity contribution >= 4 is 22.2 Å². The summed E-state index contributed by atoms with van der Waals surface area (Å²) in [5.41, 5.74) is 2.58. The predicted molar refractivity (Wildman–Crippen MR) is 77.4 cm³/mol. The third-order valence-corrected chi connectivity index (χ3v) is 4.50. The summed E-state index contributed by atoms with van der Waals surface area (Å²) in [5, 5.41) is 0. The van der Waals surface area contributed by atoms with Gasteiger partial charge in [0.1, 0.15) is 12.0 Å². The van der Waals surface area contributed by atoms with Gasteiger partial charge >= 0.3 is 0 Å². The fourth-order valence-corrected chi connectivity index (χ4v) is 3.50. The minimum Gasteiger partial charge on any atom is -0.493 e. The van der Waals surface area contributed by atoms with Gasteiger partial charge in [0.05, 0.1) is 6.61 Å². The van der Waals surface area contributed by atoms with Gasteiger partial charge in [-0.1, -0.05) is 15.9 Å². The molecule has 0 N–H and O–H groups in total. The van der Waals surface area contributed by atoms with Crippen LogP contribution in [0.1, 0.15) is 24.0 Å². The molecule has 3 nitrogen and oxygen atoms in total. The summed E-state index contributed by atoms with van der Waals surface area (Å²) in [6.45, 7) is 3.73. The van der Waals surface area contributed by atoms with Crippen LogP contribution in [-0.2, 0) is 17.8 Å². The van der Waals surface area contributed by atoms with Crippen LogP contribution in [0.3, 0.4) is 0 Å². The van der Waals surface area contributed by atoms with Crippen molar-refractivity contribution in [1.29, 1.82) is 0 Å². The molecule has 0 radical (unpaired) electrons. The maximum atomic E-state index is 10.8. The minimum atomic E-state index is 0.265. The summed E-state index contributed by atoms with van der Waals surface area (Å²) in [4.78, 5) is 13.2. The lowest BCUT2D eigenvalue weighted by Crippen LogP contribution is -2.33. The Bertz CT molecular complexity index is 481. The molecule has 0 amide bonds. The smallest absolute Gasteiger partial charge is 0.127 e. The van der Waals surface area contributed by atoms with E-state index >= 15 is 0 Å². The normalized spacial score (nSPS) is 20.1. The molecular formula is C15H18BrNO2. The minimum absolute atomic E-state index is 0.265. The van der Waals surface area contributed by atoms with Gasteiger partial charge in [-0.25, -0.2) is 0 Å². The van der Waals surface area contributed by atoms with Crippen molar-refractivity contribution in [1.82, 2.24) is 4.90 Å². The van der Waals surface area contributed by atoms with Crippen LogP contribution in [0.4, 0.5) is 0 Å². The van der Waals surface area contributed by atoms with Crippen LogP contribution >= 0.6 is 15.9 Å². The molecule has 0 atom stereocenters. The number of ether oxygens (including phenoxy) is 1. The fraction of sp³-hybridized carbons (Fsp3) is 0.533. The van der Waals surface area contributed by atoms with Crippen molar-refractivity contribution in [3.63, 3.8) is 0 Å². The van der Waals surface area contributed by atoms with E-state index in [0.717, 1.165) is 62.0 Å². The van der Waals surface area contributed by atoms with Crippen LogP contribution in [0.2, 0.25) is 0 Å². The Balaban J connectivity index is 1.72. The van der Waals surface area contributed by atoms with Crippen LogP contribution in [0, 0.1) is 5.92 Å². The Morgan fingerprint density at radius 3 is 2.89 bits per heavy atom. The second-order valence-electron chi connectivity index (χ2n) is 5.40. The topological polar surface area (TPSA) is 29.5 Å². The highest BCUT2D eigenvalue weighted by Gasteiger charge is 2.22. The van der Waals surface area contributed by atoms with E-state index in [1.54, 1.807) is 0 Å². The van der Waals surface area contributed by atoms with Crippen molar-refractivity contribution in [2.75, 3.05) is 19.7 Å². The maximum Gasteiger partial charge on any atom is 0.127 e. The first-order valence-electron chi connectivity index (χ1n) is 6.88. The number of benzene rings is 1. The molecule has 0 spiro atoms. The SMILES string of the molecule is O=CC1CCN(Cc2cc(Br)cc3c2OCC3)CC1. The average Bonchev–Trinajstić information content (AvgIpc) is 2.88. The molecule has 2 heterocycles. The van der Waals surface area contributed by atoms with Gasteiger partial charge in [0, 0.05) is 28.9 Å². The number of piperidine rings is 1. The zero-order valence-corrected chi connectivity index (χ0v) is 12.5. The number of rotatable bonds is 3. The molecule has 0 aliphatic carbocycles. The summed E-state index contributed by atoms with van der Waals surface area (Å²) >= 11 is 3.58. The lowest BCUT2D eigenvalue weighted by molar-refractivity contribution is -0.112. The fourth-order valence-electron chi connectivity index (χ4n) is 2.95. The molecule has 1 aromatic rings. The summed E-state index contributed by atoms with van der Waals surface area (Å²) in [6.07, 6.45) is 4.09. The van der Waals surface area contributed by atoms with Crippen LogP contribution in [0.25, 0.3) is 0 Å². The molecule has 3 rings (SSSR count). The third-order valence-electron chi connectivity index (χ3n) is 4.04. The summed E-state index contributed by atoms with van der Waals surface area (Å²) in [6, 6.07) is 4.32. The van der Waals surface area contributed by atoms with Crippen molar-refractivity contribution in [3.8, 4) is 5.75 Å². The number of hydrogen-bond donors (Lipinski definition) is 0. The molecule has 0 aromatic heterocycles. The number of nitrogens with zero attached hydrogens (tertiary/aromatic N) is 1. The van der Waals surface area contributed by atoms with Gasteiger partial charge in [0.25, 0.3) is 0 Å². The van der Waals surface area contributed by atoms with E-state index in [0.29, 0.717) is 0 Å². The Labute approximate surface area is 122 Å². The van der Waals surface area contributed by atoms with Gasteiger partial charge in [-0.2, -0.15) is 0 Å². The van der Waals surface area contributed by atoms with Gasteiger partial charge < -0.3 is 9.53 Å². The largest absolute Gasteiger partial charge is 0.493 e. The summed E-state index contributed by atoms with van der Waals surface area (Å²) in [7, 11) is 0. The monoisotopic (exact) mass is 323 g/mol. The molecule has 0 saturated carbocycles. The molecule has 1 fully saturated rings. The zero-order valence-electron chi connectivity index (χ0n) is 10.9. The van der Waals surface area contributed by atoms with Gasteiger partial charge in [-0.05, 0) is 43.6 Å². The van der Waals surface area contributed by atoms with Crippen molar-refractivity contribution in [3.05, 3.63) is 27.7 Å². The first kappa shape index (κ1) is 13.1. The number of fused-ring (bicyclic) bond motifs is 1. The van der Waals surface area contributed by atoms with E-state index < -0.39 is 0 Å². The zero-order chi connectivity index (χ0) is 13.2. The van der Waals surface area contributed by atoms with E-state index in [1.807, 2.05) is 0 Å². The lowest BCUT2D eigenvalue weighted by atomic mass is 9.98. The van der Waals surface area contributed by atoms with E-state index in [4.69, 9.17) is 4.74 Å². The highest BCUT2D eigenvalue weighted by atomic mass is 79.9. The quantitative estimate of drug-likeness (QED) is 0.801. The number of likely N-dealkylation sites (tertiary alicyclic amines) is 1. The van der Waals surface area contributed by atoms with E-state index in [-0.39, 0.29) is 5.92 Å². The molecule has 0 unspecified atom stereocenters. The second kappa shape index (κ2) is 5.63. The number of carbonyl (C=O) groups excluding carboxylic acids is 1. The van der Waals surface area contributed by atoms with Gasteiger partial charge in [-0.15, -0.1) is 0 Å². The number of hydrogen-bond acceptors (Lipinski definition) is 3. The first-order valence-corrected chi connectivity index (χ1v) is 7.67. The molecule has 4 heteroatoms. The molecule has 102 valence electrons. The van der Waals surface area contributed by atoms with Crippen LogP contribution in [0.5, 0.6) is 5.75 Å². The molecule has 1 aromatic carbocycles. The summed E-state index contributed by atoms with van der Waals surface area (Å²) in [5.74, 6) is 1.35. The van der Waals surface area contributed by atoms with Crippen molar-refractivity contribution in [2.24, 2.45) is 5.92 Å². The standard InChI is InChI=1S/C15H18BrNO2/c16-14-7-12-3-6-19-15(12)13(8-14)9-17-4-1-11(10-18)2-5-17/h7-8,10-11H,1-6,9H2. The van der Waals surface area contributed by atoms with Crippen LogP contribution in [0.15, 0.2) is 16.6 Å². The van der Waals surface area contributed by atoms with E-state index in [1.165, 1.54) is 11.1 Å². The predicted octanol–water partition coefficient (Wildman–Crippen LogP) is 2.79. The third kappa shape index (κ3) is 2.84. The number of halogens is 1. The highest BCUT2D eigenvalue weighted by molar-refractivity contribution is 9.10. The molecule has 2 aliphatic heterocycles. The molecule has 19 heavy (non-hydrogen) atoms. The summed E-state index contributed by atoms with van der Waals surface area (Å²) < 4.78 is 6.90. The Morgan fingerprint density at radius 2 is 2.16 bits per heavy atom.